The third-order valence-electron chi connectivity index (χ3n) is 2.27. The fourth-order valence-corrected chi connectivity index (χ4v) is 1.50. The van der Waals surface area contributed by atoms with E-state index in [2.05, 4.69) is 19.8 Å². The molecule has 19 heavy (non-hydrogen) atoms. The Bertz CT molecular complexity index is 431. The summed E-state index contributed by atoms with van der Waals surface area (Å²) in [6.07, 6.45) is -3.53. The van der Waals surface area contributed by atoms with Gasteiger partial charge in [0.1, 0.15) is 0 Å². The summed E-state index contributed by atoms with van der Waals surface area (Å²) in [7, 11) is 1.20. The fraction of sp³-hybridized carbons (Fsp3) is 0.700. The predicted octanol–water partition coefficient (Wildman–Crippen LogP) is 1.55. The second-order valence-corrected chi connectivity index (χ2v) is 3.64. The summed E-state index contributed by atoms with van der Waals surface area (Å²) >= 11 is 0. The number of carbonyl (C=O) groups is 1. The van der Waals surface area contributed by atoms with Gasteiger partial charge in [0.25, 0.3) is 0 Å². The van der Waals surface area contributed by atoms with Crippen LogP contribution in [0.1, 0.15) is 29.5 Å². The summed E-state index contributed by atoms with van der Waals surface area (Å²) < 4.78 is 45.0. The molecule has 0 saturated heterocycles. The summed E-state index contributed by atoms with van der Waals surface area (Å²) in [6, 6.07) is 0. The van der Waals surface area contributed by atoms with Crippen LogP contribution in [0.5, 0.6) is 0 Å². The molecule has 0 saturated carbocycles. The average molecular weight is 281 g/mol. The van der Waals surface area contributed by atoms with Crippen molar-refractivity contribution in [2.24, 2.45) is 0 Å². The Labute approximate surface area is 107 Å². The van der Waals surface area contributed by atoms with Gasteiger partial charge in [-0.1, -0.05) is 18.6 Å². The lowest BCUT2D eigenvalue weighted by molar-refractivity contribution is -0.325. The van der Waals surface area contributed by atoms with Gasteiger partial charge in [0.05, 0.1) is 26.0 Å². The highest BCUT2D eigenvalue weighted by Crippen LogP contribution is 2.16. The van der Waals surface area contributed by atoms with Crippen molar-refractivity contribution in [2.75, 3.05) is 13.7 Å². The topological polar surface area (TPSA) is 66.2 Å². The largest absolute Gasteiger partial charge is 0.522 e. The van der Waals surface area contributed by atoms with Crippen molar-refractivity contribution in [2.45, 2.75) is 32.7 Å². The number of hydrogen-bond acceptors (Lipinski definition) is 5. The molecule has 0 bridgehead atoms. The van der Waals surface area contributed by atoms with Crippen molar-refractivity contribution in [3.05, 3.63) is 11.4 Å². The molecule has 0 N–H and O–H groups in total. The van der Waals surface area contributed by atoms with Crippen molar-refractivity contribution < 1.29 is 27.4 Å². The molecule has 1 aromatic rings. The van der Waals surface area contributed by atoms with Crippen LogP contribution in [0.3, 0.4) is 0 Å². The van der Waals surface area contributed by atoms with E-state index in [4.69, 9.17) is 0 Å². The molecular formula is C10H14F3N3O3. The van der Waals surface area contributed by atoms with Gasteiger partial charge in [0.2, 0.25) is 0 Å². The highest BCUT2D eigenvalue weighted by Gasteiger charge is 2.29. The van der Waals surface area contributed by atoms with E-state index >= 15 is 0 Å². The lowest BCUT2D eigenvalue weighted by Gasteiger charge is -2.09. The Balaban J connectivity index is 2.77. The molecule has 6 nitrogen and oxygen atoms in total. The highest BCUT2D eigenvalue weighted by molar-refractivity contribution is 5.88. The number of aromatic nitrogens is 3. The molecule has 108 valence electrons. The van der Waals surface area contributed by atoms with Crippen molar-refractivity contribution in [1.82, 2.24) is 15.0 Å². The highest BCUT2D eigenvalue weighted by atomic mass is 19.4. The van der Waals surface area contributed by atoms with E-state index < -0.39 is 18.9 Å². The molecule has 0 fully saturated rings. The first kappa shape index (κ1) is 15.4. The Morgan fingerprint density at radius 2 is 2.11 bits per heavy atom. The van der Waals surface area contributed by atoms with E-state index in [1.165, 1.54) is 11.8 Å². The molecule has 1 rings (SSSR count). The van der Waals surface area contributed by atoms with Crippen molar-refractivity contribution in [1.29, 1.82) is 0 Å². The second kappa shape index (κ2) is 6.50. The lowest BCUT2D eigenvalue weighted by Crippen LogP contribution is -2.19. The first-order valence-corrected chi connectivity index (χ1v) is 5.60. The monoisotopic (exact) mass is 281 g/mol. The molecule has 0 spiro atoms. The standard InChI is InChI=1S/C10H14F3N3O3/c1-3-4-7-8(9(17)18-2)14-15-16(7)5-6-19-10(11,12)13/h3-6H2,1-2H3. The van der Waals surface area contributed by atoms with Gasteiger partial charge in [0, 0.05) is 0 Å². The summed E-state index contributed by atoms with van der Waals surface area (Å²) in [5, 5.41) is 7.26. The first-order chi connectivity index (χ1) is 8.89. The molecule has 0 aliphatic heterocycles. The molecule has 9 heteroatoms. The minimum Gasteiger partial charge on any atom is -0.464 e. The Morgan fingerprint density at radius 3 is 2.63 bits per heavy atom. The lowest BCUT2D eigenvalue weighted by atomic mass is 10.2. The van der Waals surface area contributed by atoms with Crippen LogP contribution < -0.4 is 0 Å². The maximum atomic E-state index is 11.9. The predicted molar refractivity (Wildman–Crippen MR) is 57.4 cm³/mol. The number of hydrogen-bond donors (Lipinski definition) is 0. The summed E-state index contributed by atoms with van der Waals surface area (Å²) in [5.41, 5.74) is 0.469. The number of esters is 1. The quantitative estimate of drug-likeness (QED) is 0.740. The molecule has 0 radical (unpaired) electrons. The van der Waals surface area contributed by atoms with Crippen molar-refractivity contribution >= 4 is 5.97 Å². The van der Waals surface area contributed by atoms with E-state index in [-0.39, 0.29) is 12.2 Å². The normalized spacial score (nSPS) is 11.6. The zero-order valence-corrected chi connectivity index (χ0v) is 10.5. The van der Waals surface area contributed by atoms with Gasteiger partial charge >= 0.3 is 12.3 Å². The van der Waals surface area contributed by atoms with Gasteiger partial charge in [-0.05, 0) is 6.42 Å². The molecule has 1 aromatic heterocycles. The average Bonchev–Trinajstić information content (AvgIpc) is 2.71. The van der Waals surface area contributed by atoms with Crippen LogP contribution in [0.2, 0.25) is 0 Å². The second-order valence-electron chi connectivity index (χ2n) is 3.64. The van der Waals surface area contributed by atoms with Gasteiger partial charge in [-0.2, -0.15) is 0 Å². The third kappa shape index (κ3) is 4.51. The zero-order valence-electron chi connectivity index (χ0n) is 10.5. The van der Waals surface area contributed by atoms with E-state index in [1.807, 2.05) is 6.92 Å². The smallest absolute Gasteiger partial charge is 0.464 e. The first-order valence-electron chi connectivity index (χ1n) is 5.60. The van der Waals surface area contributed by atoms with Crippen LogP contribution in [0.15, 0.2) is 0 Å². The molecule has 0 atom stereocenters. The third-order valence-corrected chi connectivity index (χ3v) is 2.27. The summed E-state index contributed by atoms with van der Waals surface area (Å²) in [4.78, 5) is 11.4. The maximum absolute atomic E-state index is 11.9. The van der Waals surface area contributed by atoms with E-state index in [0.717, 1.165) is 0 Å². The molecule has 0 aromatic carbocycles. The number of ether oxygens (including phenoxy) is 2. The Morgan fingerprint density at radius 1 is 1.42 bits per heavy atom. The number of halogens is 3. The summed E-state index contributed by atoms with van der Waals surface area (Å²) in [5.74, 6) is -0.661. The number of rotatable bonds is 6. The van der Waals surface area contributed by atoms with Crippen LogP contribution in [0.4, 0.5) is 13.2 Å². The molecule has 0 amide bonds. The number of nitrogens with zero attached hydrogens (tertiary/aromatic N) is 3. The number of methoxy groups -OCH3 is 1. The van der Waals surface area contributed by atoms with Crippen LogP contribution in [0, 0.1) is 0 Å². The summed E-state index contributed by atoms with van der Waals surface area (Å²) in [6.45, 7) is 1.13. The van der Waals surface area contributed by atoms with E-state index in [0.29, 0.717) is 18.5 Å². The van der Waals surface area contributed by atoms with E-state index in [9.17, 15) is 18.0 Å². The minimum absolute atomic E-state index is 0.0244. The number of alkyl halides is 3. The van der Waals surface area contributed by atoms with Gasteiger partial charge < -0.3 is 4.74 Å². The van der Waals surface area contributed by atoms with E-state index in [1.54, 1.807) is 0 Å². The fourth-order valence-electron chi connectivity index (χ4n) is 1.50. The van der Waals surface area contributed by atoms with Gasteiger partial charge in [0.15, 0.2) is 5.69 Å². The van der Waals surface area contributed by atoms with Gasteiger partial charge in [-0.25, -0.2) is 9.48 Å². The molecule has 0 unspecified atom stereocenters. The minimum atomic E-state index is -4.68. The molecule has 1 heterocycles. The Hall–Kier alpha value is -1.64. The van der Waals surface area contributed by atoms with Gasteiger partial charge in [-0.15, -0.1) is 18.3 Å². The molecule has 0 aliphatic carbocycles. The van der Waals surface area contributed by atoms with Crippen LogP contribution in [-0.4, -0.2) is 41.0 Å². The molecule has 0 aliphatic rings. The van der Waals surface area contributed by atoms with Crippen LogP contribution in [-0.2, 0) is 22.4 Å². The Kier molecular flexibility index (Phi) is 5.28. The number of carbonyl (C=O) groups excluding carboxylic acids is 1. The molecular weight excluding hydrogens is 267 g/mol. The van der Waals surface area contributed by atoms with Gasteiger partial charge in [-0.3, -0.25) is 4.74 Å². The van der Waals surface area contributed by atoms with Crippen LogP contribution >= 0.6 is 0 Å². The van der Waals surface area contributed by atoms with Crippen LogP contribution in [0.25, 0.3) is 0 Å². The maximum Gasteiger partial charge on any atom is 0.522 e. The zero-order chi connectivity index (χ0) is 14.5. The van der Waals surface area contributed by atoms with Crippen molar-refractivity contribution in [3.8, 4) is 0 Å². The van der Waals surface area contributed by atoms with Crippen molar-refractivity contribution in [3.63, 3.8) is 0 Å². The SMILES string of the molecule is CCCc1c(C(=O)OC)nnn1CCOC(F)(F)F.